The van der Waals surface area contributed by atoms with Crippen molar-refractivity contribution in [1.29, 1.82) is 0 Å². The van der Waals surface area contributed by atoms with E-state index in [9.17, 15) is 9.90 Å². The van der Waals surface area contributed by atoms with Gasteiger partial charge in [0.25, 0.3) is 0 Å². The molecule has 1 unspecified atom stereocenters. The Morgan fingerprint density at radius 2 is 2.11 bits per heavy atom. The van der Waals surface area contributed by atoms with Gasteiger partial charge < -0.3 is 21.1 Å². The number of benzene rings is 1. The van der Waals surface area contributed by atoms with Gasteiger partial charge in [0.15, 0.2) is 5.96 Å². The van der Waals surface area contributed by atoms with Gasteiger partial charge >= 0.3 is 0 Å². The van der Waals surface area contributed by atoms with Gasteiger partial charge in [0.05, 0.1) is 11.9 Å². The summed E-state index contributed by atoms with van der Waals surface area (Å²) < 4.78 is 1.14. The average Bonchev–Trinajstić information content (AvgIpc) is 3.15. The zero-order valence-corrected chi connectivity index (χ0v) is 16.4. The maximum absolute atomic E-state index is 12.0. The molecular formula is C20H23N5O2S. The molecule has 146 valence electrons. The van der Waals surface area contributed by atoms with Crippen LogP contribution in [0.15, 0.2) is 59.9 Å². The highest BCUT2D eigenvalue weighted by atomic mass is 32.1. The first kappa shape index (κ1) is 19.8. The van der Waals surface area contributed by atoms with Crippen LogP contribution in [0.2, 0.25) is 0 Å². The number of aromatic nitrogens is 1. The van der Waals surface area contributed by atoms with E-state index in [0.717, 1.165) is 15.0 Å². The number of aliphatic hydroxyl groups is 1. The van der Waals surface area contributed by atoms with Crippen LogP contribution in [0.1, 0.15) is 17.9 Å². The lowest BCUT2D eigenvalue weighted by atomic mass is 10.2. The van der Waals surface area contributed by atoms with Gasteiger partial charge in [0, 0.05) is 28.9 Å². The Morgan fingerprint density at radius 3 is 2.86 bits per heavy atom. The summed E-state index contributed by atoms with van der Waals surface area (Å²) in [7, 11) is 0. The number of hydrogen-bond acceptors (Lipinski definition) is 5. The zero-order chi connectivity index (χ0) is 19.8. The van der Waals surface area contributed by atoms with Crippen LogP contribution in [0.3, 0.4) is 0 Å². The largest absolute Gasteiger partial charge is 0.386 e. The number of anilines is 1. The minimum atomic E-state index is -0.662. The van der Waals surface area contributed by atoms with Gasteiger partial charge in [-0.15, -0.1) is 11.3 Å². The summed E-state index contributed by atoms with van der Waals surface area (Å²) in [5.41, 5.74) is 0.626. The molecule has 1 amide bonds. The van der Waals surface area contributed by atoms with Crippen LogP contribution >= 0.6 is 11.3 Å². The Bertz CT molecular complexity index is 909. The Morgan fingerprint density at radius 1 is 1.25 bits per heavy atom. The summed E-state index contributed by atoms with van der Waals surface area (Å²) >= 11 is 1.57. The summed E-state index contributed by atoms with van der Waals surface area (Å²) in [5.74, 6) is 0.235. The molecule has 0 bridgehead atoms. The second-order valence-corrected chi connectivity index (χ2v) is 7.18. The number of hydrogen-bond donors (Lipinski definition) is 4. The number of guanidine groups is 1. The molecule has 28 heavy (non-hydrogen) atoms. The van der Waals surface area contributed by atoms with Crippen molar-refractivity contribution in [3.8, 4) is 0 Å². The smallest absolute Gasteiger partial charge is 0.246 e. The van der Waals surface area contributed by atoms with Crippen LogP contribution in [0, 0.1) is 0 Å². The highest BCUT2D eigenvalue weighted by Gasteiger charge is 2.12. The molecule has 0 aliphatic heterocycles. The standard InChI is InChI=1S/C20H23N5O2S/c1-2-22-20(24-13-19(27)25-15-7-5-9-21-11-15)23-12-16(26)18-10-14-6-3-4-8-17(14)28-18/h3-11,16,26H,2,12-13H2,1H3,(H,25,27)(H2,22,23,24). The van der Waals surface area contributed by atoms with Gasteiger partial charge in [0.2, 0.25) is 5.91 Å². The van der Waals surface area contributed by atoms with Crippen LogP contribution < -0.4 is 16.0 Å². The third-order valence-electron chi connectivity index (χ3n) is 3.91. The molecule has 1 atom stereocenters. The SMILES string of the molecule is CCNC(=NCC(=O)Nc1cccnc1)NCC(O)c1cc2ccccc2s1. The fraction of sp³-hybridized carbons (Fsp3) is 0.250. The van der Waals surface area contributed by atoms with Crippen molar-refractivity contribution >= 4 is 39.0 Å². The summed E-state index contributed by atoms with van der Waals surface area (Å²) in [6.45, 7) is 2.84. The Labute approximate surface area is 167 Å². The predicted octanol–water partition coefficient (Wildman–Crippen LogP) is 2.52. The molecule has 1 aromatic carbocycles. The number of thiophene rings is 1. The quantitative estimate of drug-likeness (QED) is 0.363. The van der Waals surface area contributed by atoms with Crippen molar-refractivity contribution in [1.82, 2.24) is 15.6 Å². The second-order valence-electron chi connectivity index (χ2n) is 6.07. The highest BCUT2D eigenvalue weighted by molar-refractivity contribution is 7.19. The lowest BCUT2D eigenvalue weighted by Gasteiger charge is -2.14. The van der Waals surface area contributed by atoms with E-state index in [1.54, 1.807) is 35.9 Å². The molecule has 0 spiro atoms. The number of carbonyl (C=O) groups excluding carboxylic acids is 1. The van der Waals surface area contributed by atoms with Crippen molar-refractivity contribution < 1.29 is 9.90 Å². The number of nitrogens with one attached hydrogen (secondary N) is 3. The van der Waals surface area contributed by atoms with Gasteiger partial charge in [-0.05, 0) is 36.6 Å². The Hall–Kier alpha value is -2.97. The third-order valence-corrected chi connectivity index (χ3v) is 5.12. The minimum Gasteiger partial charge on any atom is -0.386 e. The molecule has 8 heteroatoms. The molecule has 2 aromatic heterocycles. The first-order chi connectivity index (χ1) is 13.7. The lowest BCUT2D eigenvalue weighted by Crippen LogP contribution is -2.40. The summed E-state index contributed by atoms with van der Waals surface area (Å²) in [5, 5.41) is 20.5. The van der Waals surface area contributed by atoms with Gasteiger partial charge in [-0.25, -0.2) is 4.99 Å². The molecule has 0 radical (unpaired) electrons. The van der Waals surface area contributed by atoms with Crippen LogP contribution in [-0.4, -0.2) is 41.6 Å². The molecular weight excluding hydrogens is 374 g/mol. The number of aliphatic imine (C=N–C) groups is 1. The molecule has 4 N–H and O–H groups in total. The van der Waals surface area contributed by atoms with E-state index in [2.05, 4.69) is 25.9 Å². The number of amides is 1. The van der Waals surface area contributed by atoms with Gasteiger partial charge in [-0.2, -0.15) is 0 Å². The molecule has 0 saturated heterocycles. The van der Waals surface area contributed by atoms with E-state index < -0.39 is 6.10 Å². The van der Waals surface area contributed by atoms with E-state index in [0.29, 0.717) is 24.7 Å². The fourth-order valence-corrected chi connectivity index (χ4v) is 3.64. The van der Waals surface area contributed by atoms with E-state index >= 15 is 0 Å². The molecule has 3 aromatic rings. The Kier molecular flexibility index (Phi) is 6.94. The topological polar surface area (TPSA) is 98.6 Å². The number of fused-ring (bicyclic) bond motifs is 1. The Balaban J connectivity index is 1.55. The van der Waals surface area contributed by atoms with Crippen molar-refractivity contribution in [2.45, 2.75) is 13.0 Å². The van der Waals surface area contributed by atoms with E-state index in [1.165, 1.54) is 0 Å². The highest BCUT2D eigenvalue weighted by Crippen LogP contribution is 2.29. The van der Waals surface area contributed by atoms with E-state index in [1.807, 2.05) is 37.3 Å². The number of carbonyl (C=O) groups is 1. The molecule has 3 rings (SSSR count). The molecule has 0 saturated carbocycles. The summed E-state index contributed by atoms with van der Waals surface area (Å²) in [6, 6.07) is 13.5. The second kappa shape index (κ2) is 9.82. The van der Waals surface area contributed by atoms with Crippen molar-refractivity contribution in [2.75, 3.05) is 25.0 Å². The lowest BCUT2D eigenvalue weighted by molar-refractivity contribution is -0.114. The van der Waals surface area contributed by atoms with Gasteiger partial charge in [-0.3, -0.25) is 9.78 Å². The van der Waals surface area contributed by atoms with Gasteiger partial charge in [-0.1, -0.05) is 18.2 Å². The summed E-state index contributed by atoms with van der Waals surface area (Å²) in [6.07, 6.45) is 2.56. The van der Waals surface area contributed by atoms with E-state index in [4.69, 9.17) is 0 Å². The van der Waals surface area contributed by atoms with Crippen LogP contribution in [0.5, 0.6) is 0 Å². The molecule has 2 heterocycles. The van der Waals surface area contributed by atoms with Crippen LogP contribution in [-0.2, 0) is 4.79 Å². The number of rotatable bonds is 7. The monoisotopic (exact) mass is 397 g/mol. The third kappa shape index (κ3) is 5.51. The average molecular weight is 398 g/mol. The minimum absolute atomic E-state index is 0.0385. The number of pyridine rings is 1. The number of nitrogens with zero attached hydrogens (tertiary/aromatic N) is 2. The summed E-state index contributed by atoms with van der Waals surface area (Å²) in [4.78, 5) is 21.1. The molecule has 7 nitrogen and oxygen atoms in total. The maximum Gasteiger partial charge on any atom is 0.246 e. The van der Waals surface area contributed by atoms with Gasteiger partial charge in [0.1, 0.15) is 12.6 Å². The predicted molar refractivity (Wildman–Crippen MR) is 114 cm³/mol. The normalized spacial score (nSPS) is 12.6. The van der Waals surface area contributed by atoms with Crippen molar-refractivity contribution in [3.05, 3.63) is 59.7 Å². The van der Waals surface area contributed by atoms with Crippen molar-refractivity contribution in [2.24, 2.45) is 4.99 Å². The fourth-order valence-electron chi connectivity index (χ4n) is 2.59. The van der Waals surface area contributed by atoms with Crippen LogP contribution in [0.4, 0.5) is 5.69 Å². The van der Waals surface area contributed by atoms with E-state index in [-0.39, 0.29) is 12.5 Å². The number of aliphatic hydroxyl groups excluding tert-OH is 1. The van der Waals surface area contributed by atoms with Crippen molar-refractivity contribution in [3.63, 3.8) is 0 Å². The molecule has 0 aliphatic carbocycles. The van der Waals surface area contributed by atoms with Crippen LogP contribution in [0.25, 0.3) is 10.1 Å². The maximum atomic E-state index is 12.0. The first-order valence-corrected chi connectivity index (χ1v) is 9.86. The molecule has 0 fully saturated rings. The molecule has 0 aliphatic rings. The first-order valence-electron chi connectivity index (χ1n) is 9.04. The zero-order valence-electron chi connectivity index (χ0n) is 15.6.